The normalized spacial score (nSPS) is 10.6. The molecule has 1 N–H and O–H groups in total. The van der Waals surface area contributed by atoms with Gasteiger partial charge in [-0.2, -0.15) is 0 Å². The van der Waals surface area contributed by atoms with E-state index in [2.05, 4.69) is 15.0 Å². The maximum absolute atomic E-state index is 11.5. The van der Waals surface area contributed by atoms with Gasteiger partial charge in [-0.3, -0.25) is 4.79 Å². The lowest BCUT2D eigenvalue weighted by Gasteiger charge is -2.03. The number of aryl methyl sites for hydroxylation is 2. The third kappa shape index (κ3) is 1.56. The summed E-state index contributed by atoms with van der Waals surface area (Å²) in [4.78, 5) is 22.7. The van der Waals surface area contributed by atoms with Gasteiger partial charge in [-0.15, -0.1) is 0 Å². The van der Waals surface area contributed by atoms with Crippen molar-refractivity contribution in [3.05, 3.63) is 34.0 Å². The van der Waals surface area contributed by atoms with Crippen LogP contribution in [0.2, 0.25) is 0 Å². The molecular formula is C10H12N4O. The summed E-state index contributed by atoms with van der Waals surface area (Å²) >= 11 is 0. The molecule has 2 heterocycles. The first kappa shape index (κ1) is 9.64. The van der Waals surface area contributed by atoms with E-state index in [4.69, 9.17) is 0 Å². The van der Waals surface area contributed by atoms with Gasteiger partial charge in [0.05, 0.1) is 0 Å². The molecule has 0 amide bonds. The Morgan fingerprint density at radius 2 is 2.13 bits per heavy atom. The largest absolute Gasteiger partial charge is 0.331 e. The van der Waals surface area contributed by atoms with Crippen LogP contribution in [0, 0.1) is 13.8 Å². The molecule has 0 spiro atoms. The van der Waals surface area contributed by atoms with Crippen LogP contribution >= 0.6 is 0 Å². The lowest BCUT2D eigenvalue weighted by molar-refractivity contribution is 0.894. The summed E-state index contributed by atoms with van der Waals surface area (Å²) in [5.41, 5.74) is 1.27. The second-order valence-electron chi connectivity index (χ2n) is 3.49. The summed E-state index contributed by atoms with van der Waals surface area (Å²) in [6, 6.07) is 0. The number of nitrogens with one attached hydrogen (secondary N) is 1. The standard InChI is InChI=1S/C10H12N4O/c1-6-7(2)12-8(13-10(6)15)9-11-4-5-14(9)3/h4-5H,1-3H3,(H,12,13,15). The molecule has 2 aromatic heterocycles. The molecule has 2 aromatic rings. The summed E-state index contributed by atoms with van der Waals surface area (Å²) in [6.07, 6.45) is 3.48. The van der Waals surface area contributed by atoms with E-state index in [0.717, 1.165) is 5.69 Å². The molecule has 0 fully saturated rings. The molecule has 5 nitrogen and oxygen atoms in total. The molecule has 0 unspecified atom stereocenters. The van der Waals surface area contributed by atoms with E-state index in [1.54, 1.807) is 13.1 Å². The topological polar surface area (TPSA) is 63.6 Å². The minimum atomic E-state index is -0.111. The van der Waals surface area contributed by atoms with E-state index in [-0.39, 0.29) is 5.56 Å². The smallest absolute Gasteiger partial charge is 0.254 e. The number of aromatic amines is 1. The Morgan fingerprint density at radius 1 is 1.40 bits per heavy atom. The summed E-state index contributed by atoms with van der Waals surface area (Å²) < 4.78 is 1.81. The molecule has 0 atom stereocenters. The fourth-order valence-electron chi connectivity index (χ4n) is 1.34. The van der Waals surface area contributed by atoms with E-state index in [1.807, 2.05) is 24.7 Å². The first-order valence-electron chi connectivity index (χ1n) is 4.65. The molecule has 0 saturated carbocycles. The van der Waals surface area contributed by atoms with Gasteiger partial charge < -0.3 is 9.55 Å². The van der Waals surface area contributed by atoms with Crippen molar-refractivity contribution in [1.29, 1.82) is 0 Å². The number of nitrogens with zero attached hydrogens (tertiary/aromatic N) is 3. The number of hydrogen-bond acceptors (Lipinski definition) is 3. The van der Waals surface area contributed by atoms with Crippen molar-refractivity contribution in [3.8, 4) is 11.6 Å². The average Bonchev–Trinajstić information content (AvgIpc) is 2.60. The van der Waals surface area contributed by atoms with Crippen molar-refractivity contribution in [2.75, 3.05) is 0 Å². The predicted octanol–water partition coefficient (Wildman–Crippen LogP) is 0.787. The molecule has 0 radical (unpaired) electrons. The Kier molecular flexibility index (Phi) is 2.15. The van der Waals surface area contributed by atoms with Gasteiger partial charge in [-0.05, 0) is 13.8 Å². The Bertz CT molecular complexity index is 553. The van der Waals surface area contributed by atoms with Crippen LogP contribution in [-0.4, -0.2) is 19.5 Å². The van der Waals surface area contributed by atoms with Gasteiger partial charge in [0.15, 0.2) is 11.6 Å². The Hall–Kier alpha value is -1.91. The molecule has 0 saturated heterocycles. The van der Waals surface area contributed by atoms with Crippen LogP contribution in [-0.2, 0) is 7.05 Å². The lowest BCUT2D eigenvalue weighted by atomic mass is 10.3. The van der Waals surface area contributed by atoms with E-state index < -0.39 is 0 Å². The van der Waals surface area contributed by atoms with Crippen LogP contribution < -0.4 is 5.56 Å². The maximum Gasteiger partial charge on any atom is 0.254 e. The molecule has 78 valence electrons. The van der Waals surface area contributed by atoms with Gasteiger partial charge in [0.25, 0.3) is 5.56 Å². The van der Waals surface area contributed by atoms with Crippen molar-refractivity contribution < 1.29 is 0 Å². The molecule has 15 heavy (non-hydrogen) atoms. The first-order valence-corrected chi connectivity index (χ1v) is 4.65. The number of aromatic nitrogens is 4. The monoisotopic (exact) mass is 204 g/mol. The second kappa shape index (κ2) is 3.34. The van der Waals surface area contributed by atoms with Crippen molar-refractivity contribution >= 4 is 0 Å². The summed E-state index contributed by atoms with van der Waals surface area (Å²) in [6.45, 7) is 3.57. The van der Waals surface area contributed by atoms with Crippen LogP contribution in [0.4, 0.5) is 0 Å². The highest BCUT2D eigenvalue weighted by atomic mass is 16.1. The molecule has 0 aromatic carbocycles. The Morgan fingerprint density at radius 3 is 2.67 bits per heavy atom. The number of H-pyrrole nitrogens is 1. The third-order valence-electron chi connectivity index (χ3n) is 2.43. The lowest BCUT2D eigenvalue weighted by Crippen LogP contribution is -2.15. The minimum Gasteiger partial charge on any atom is -0.331 e. The van der Waals surface area contributed by atoms with Crippen LogP contribution in [0.15, 0.2) is 17.2 Å². The van der Waals surface area contributed by atoms with E-state index >= 15 is 0 Å². The van der Waals surface area contributed by atoms with E-state index in [9.17, 15) is 4.79 Å². The van der Waals surface area contributed by atoms with E-state index in [0.29, 0.717) is 17.2 Å². The van der Waals surface area contributed by atoms with E-state index in [1.165, 1.54) is 0 Å². The molecule has 0 bridgehead atoms. The molecule has 2 rings (SSSR count). The van der Waals surface area contributed by atoms with Gasteiger partial charge in [0.2, 0.25) is 0 Å². The van der Waals surface area contributed by atoms with Crippen molar-refractivity contribution in [2.24, 2.45) is 7.05 Å². The highest BCUT2D eigenvalue weighted by Crippen LogP contribution is 2.10. The zero-order chi connectivity index (χ0) is 11.0. The fourth-order valence-corrected chi connectivity index (χ4v) is 1.34. The van der Waals surface area contributed by atoms with Crippen LogP contribution in [0.25, 0.3) is 11.6 Å². The molecule has 0 aliphatic rings. The number of hydrogen-bond donors (Lipinski definition) is 1. The highest BCUT2D eigenvalue weighted by Gasteiger charge is 2.08. The summed E-state index contributed by atoms with van der Waals surface area (Å²) in [5.74, 6) is 1.17. The third-order valence-corrected chi connectivity index (χ3v) is 2.43. The number of imidazole rings is 1. The summed E-state index contributed by atoms with van der Waals surface area (Å²) in [7, 11) is 1.86. The van der Waals surface area contributed by atoms with Gasteiger partial charge in [0, 0.05) is 30.7 Å². The average molecular weight is 204 g/mol. The zero-order valence-electron chi connectivity index (χ0n) is 8.90. The van der Waals surface area contributed by atoms with Crippen molar-refractivity contribution in [2.45, 2.75) is 13.8 Å². The van der Waals surface area contributed by atoms with Crippen LogP contribution in [0.3, 0.4) is 0 Å². The summed E-state index contributed by atoms with van der Waals surface area (Å²) in [5, 5.41) is 0. The molecule has 0 aliphatic carbocycles. The van der Waals surface area contributed by atoms with Gasteiger partial charge in [-0.1, -0.05) is 0 Å². The zero-order valence-corrected chi connectivity index (χ0v) is 8.90. The molecule has 5 heteroatoms. The molecule has 0 aliphatic heterocycles. The van der Waals surface area contributed by atoms with Gasteiger partial charge in [0.1, 0.15) is 0 Å². The first-order chi connectivity index (χ1) is 7.09. The van der Waals surface area contributed by atoms with Gasteiger partial charge >= 0.3 is 0 Å². The Balaban J connectivity index is 2.66. The van der Waals surface area contributed by atoms with Gasteiger partial charge in [-0.25, -0.2) is 9.97 Å². The SMILES string of the molecule is Cc1nc(-c2nccn2C)[nH]c(=O)c1C. The van der Waals surface area contributed by atoms with Crippen LogP contribution in [0.1, 0.15) is 11.3 Å². The minimum absolute atomic E-state index is 0.111. The maximum atomic E-state index is 11.5. The molecular weight excluding hydrogens is 192 g/mol. The van der Waals surface area contributed by atoms with Crippen molar-refractivity contribution in [1.82, 2.24) is 19.5 Å². The fraction of sp³-hybridized carbons (Fsp3) is 0.300. The highest BCUT2D eigenvalue weighted by molar-refractivity contribution is 5.44. The second-order valence-corrected chi connectivity index (χ2v) is 3.49. The quantitative estimate of drug-likeness (QED) is 0.746. The van der Waals surface area contributed by atoms with Crippen molar-refractivity contribution in [3.63, 3.8) is 0 Å². The number of rotatable bonds is 1. The predicted molar refractivity (Wildman–Crippen MR) is 56.5 cm³/mol. The Labute approximate surface area is 86.8 Å². The van der Waals surface area contributed by atoms with Crippen LogP contribution in [0.5, 0.6) is 0 Å².